The number of aliphatic hydroxyl groups is 1. The van der Waals surface area contributed by atoms with Gasteiger partial charge in [-0.25, -0.2) is 0 Å². The van der Waals surface area contributed by atoms with Crippen LogP contribution in [0.2, 0.25) is 5.02 Å². The van der Waals surface area contributed by atoms with Gasteiger partial charge >= 0.3 is 0 Å². The van der Waals surface area contributed by atoms with Crippen molar-refractivity contribution in [2.75, 3.05) is 24.6 Å². The van der Waals surface area contributed by atoms with Crippen molar-refractivity contribution in [3.05, 3.63) is 28.8 Å². The van der Waals surface area contributed by atoms with Crippen LogP contribution in [0, 0.1) is 0 Å². The summed E-state index contributed by atoms with van der Waals surface area (Å²) in [6.45, 7) is 6.30. The predicted octanol–water partition coefficient (Wildman–Crippen LogP) is 2.62. The predicted molar refractivity (Wildman–Crippen MR) is 69.7 cm³/mol. The summed E-state index contributed by atoms with van der Waals surface area (Å²) >= 11 is 6.16. The fourth-order valence-corrected chi connectivity index (χ4v) is 2.44. The Morgan fingerprint density at radius 2 is 2.29 bits per heavy atom. The van der Waals surface area contributed by atoms with Gasteiger partial charge in [0.2, 0.25) is 0 Å². The summed E-state index contributed by atoms with van der Waals surface area (Å²) in [5.74, 6) is 0. The summed E-state index contributed by atoms with van der Waals surface area (Å²) in [4.78, 5) is 2.26. The molecule has 1 aliphatic heterocycles. The first-order valence-electron chi connectivity index (χ1n) is 5.92. The minimum Gasteiger partial charge on any atom is -0.389 e. The molecule has 2 atom stereocenters. The minimum atomic E-state index is -0.528. The van der Waals surface area contributed by atoms with Gasteiger partial charge < -0.3 is 14.7 Å². The van der Waals surface area contributed by atoms with Crippen molar-refractivity contribution in [2.24, 2.45) is 0 Å². The van der Waals surface area contributed by atoms with Crippen LogP contribution in [0.1, 0.15) is 25.5 Å². The Labute approximate surface area is 107 Å². The van der Waals surface area contributed by atoms with E-state index >= 15 is 0 Å². The molecule has 94 valence electrons. The van der Waals surface area contributed by atoms with Crippen molar-refractivity contribution >= 4 is 17.3 Å². The van der Waals surface area contributed by atoms with E-state index in [4.69, 9.17) is 16.3 Å². The van der Waals surface area contributed by atoms with Crippen molar-refractivity contribution in [1.82, 2.24) is 0 Å². The lowest BCUT2D eigenvalue weighted by molar-refractivity contribution is 0.0532. The smallest absolute Gasteiger partial charge is 0.0776 e. The van der Waals surface area contributed by atoms with E-state index in [0.29, 0.717) is 5.02 Å². The van der Waals surface area contributed by atoms with Crippen LogP contribution in [-0.4, -0.2) is 30.9 Å². The van der Waals surface area contributed by atoms with Gasteiger partial charge in [-0.1, -0.05) is 17.7 Å². The average Bonchev–Trinajstić information content (AvgIpc) is 2.28. The largest absolute Gasteiger partial charge is 0.389 e. The molecule has 0 spiro atoms. The average molecular weight is 256 g/mol. The van der Waals surface area contributed by atoms with E-state index in [1.54, 1.807) is 6.92 Å². The summed E-state index contributed by atoms with van der Waals surface area (Å²) < 4.78 is 5.51. The number of aliphatic hydroxyl groups excluding tert-OH is 1. The number of nitrogens with zero attached hydrogens (tertiary/aromatic N) is 1. The summed E-state index contributed by atoms with van der Waals surface area (Å²) in [5, 5.41) is 10.2. The first-order chi connectivity index (χ1) is 8.08. The molecular weight excluding hydrogens is 238 g/mol. The normalized spacial score (nSPS) is 22.6. The van der Waals surface area contributed by atoms with Crippen LogP contribution >= 0.6 is 11.6 Å². The third-order valence-electron chi connectivity index (χ3n) is 3.04. The molecule has 4 heteroatoms. The second-order valence-corrected chi connectivity index (χ2v) is 4.92. The monoisotopic (exact) mass is 255 g/mol. The third-order valence-corrected chi connectivity index (χ3v) is 3.37. The summed E-state index contributed by atoms with van der Waals surface area (Å²) in [5.41, 5.74) is 1.87. The molecular formula is C13H18ClNO2. The van der Waals surface area contributed by atoms with Gasteiger partial charge in [-0.05, 0) is 31.5 Å². The number of hydrogen-bond acceptors (Lipinski definition) is 3. The zero-order valence-corrected chi connectivity index (χ0v) is 10.9. The Bertz CT molecular complexity index is 395. The van der Waals surface area contributed by atoms with Gasteiger partial charge in [-0.3, -0.25) is 0 Å². The van der Waals surface area contributed by atoms with E-state index in [9.17, 15) is 5.11 Å². The molecule has 1 heterocycles. The van der Waals surface area contributed by atoms with Gasteiger partial charge in [0, 0.05) is 23.8 Å². The number of halogens is 1. The Kier molecular flexibility index (Phi) is 3.92. The highest BCUT2D eigenvalue weighted by Gasteiger charge is 2.18. The van der Waals surface area contributed by atoms with Crippen LogP contribution in [0.15, 0.2) is 18.2 Å². The number of morpholine rings is 1. The Morgan fingerprint density at radius 3 is 2.88 bits per heavy atom. The van der Waals surface area contributed by atoms with Crippen LogP contribution in [-0.2, 0) is 4.74 Å². The number of ether oxygens (including phenoxy) is 1. The summed E-state index contributed by atoms with van der Waals surface area (Å²) in [7, 11) is 0. The Hall–Kier alpha value is -0.770. The highest BCUT2D eigenvalue weighted by molar-refractivity contribution is 6.31. The zero-order chi connectivity index (χ0) is 12.4. The summed E-state index contributed by atoms with van der Waals surface area (Å²) in [6, 6.07) is 5.82. The number of rotatable bonds is 2. The van der Waals surface area contributed by atoms with E-state index < -0.39 is 6.10 Å². The van der Waals surface area contributed by atoms with Gasteiger partial charge in [-0.15, -0.1) is 0 Å². The molecule has 0 bridgehead atoms. The van der Waals surface area contributed by atoms with E-state index in [1.807, 2.05) is 18.2 Å². The topological polar surface area (TPSA) is 32.7 Å². The molecule has 3 nitrogen and oxygen atoms in total. The maximum absolute atomic E-state index is 9.53. The molecule has 0 radical (unpaired) electrons. The second-order valence-electron chi connectivity index (χ2n) is 4.51. The molecule has 2 unspecified atom stereocenters. The molecule has 1 saturated heterocycles. The molecule has 1 aromatic rings. The van der Waals surface area contributed by atoms with Crippen LogP contribution < -0.4 is 4.90 Å². The lowest BCUT2D eigenvalue weighted by Crippen LogP contribution is -2.41. The fourth-order valence-electron chi connectivity index (χ4n) is 2.10. The van der Waals surface area contributed by atoms with Crippen LogP contribution in [0.25, 0.3) is 0 Å². The van der Waals surface area contributed by atoms with Crippen LogP contribution in [0.4, 0.5) is 5.69 Å². The minimum absolute atomic E-state index is 0.249. The molecule has 1 aliphatic rings. The highest BCUT2D eigenvalue weighted by Crippen LogP contribution is 2.28. The zero-order valence-electron chi connectivity index (χ0n) is 10.2. The third kappa shape index (κ3) is 2.92. The molecule has 0 aliphatic carbocycles. The molecule has 1 fully saturated rings. The van der Waals surface area contributed by atoms with E-state index in [2.05, 4.69) is 11.8 Å². The van der Waals surface area contributed by atoms with Gasteiger partial charge in [0.05, 0.1) is 18.8 Å². The maximum atomic E-state index is 9.53. The van der Waals surface area contributed by atoms with Gasteiger partial charge in [0.15, 0.2) is 0 Å². The molecule has 0 saturated carbocycles. The highest BCUT2D eigenvalue weighted by atomic mass is 35.5. The quantitative estimate of drug-likeness (QED) is 0.882. The van der Waals surface area contributed by atoms with Crippen LogP contribution in [0.5, 0.6) is 0 Å². The first kappa shape index (κ1) is 12.7. The SMILES string of the molecule is CC1CN(c2ccc(C(C)O)c(Cl)c2)CCO1. The molecule has 0 amide bonds. The second kappa shape index (κ2) is 5.25. The standard InChI is InChI=1S/C13H18ClNO2/c1-9-8-15(5-6-17-9)11-3-4-12(10(2)16)13(14)7-11/h3-4,7,9-10,16H,5-6,8H2,1-2H3. The van der Waals surface area contributed by atoms with Crippen molar-refractivity contribution in [3.8, 4) is 0 Å². The lowest BCUT2D eigenvalue weighted by Gasteiger charge is -2.33. The van der Waals surface area contributed by atoms with E-state index in [-0.39, 0.29) is 6.10 Å². The molecule has 1 N–H and O–H groups in total. The van der Waals surface area contributed by atoms with Gasteiger partial charge in [0.1, 0.15) is 0 Å². The van der Waals surface area contributed by atoms with Crippen molar-refractivity contribution < 1.29 is 9.84 Å². The van der Waals surface area contributed by atoms with E-state index in [1.165, 1.54) is 0 Å². The maximum Gasteiger partial charge on any atom is 0.0776 e. The number of benzene rings is 1. The molecule has 17 heavy (non-hydrogen) atoms. The van der Waals surface area contributed by atoms with Crippen molar-refractivity contribution in [1.29, 1.82) is 0 Å². The van der Waals surface area contributed by atoms with Crippen molar-refractivity contribution in [2.45, 2.75) is 26.1 Å². The first-order valence-corrected chi connectivity index (χ1v) is 6.30. The van der Waals surface area contributed by atoms with Gasteiger partial charge in [0.25, 0.3) is 0 Å². The fraction of sp³-hybridized carbons (Fsp3) is 0.538. The van der Waals surface area contributed by atoms with Gasteiger partial charge in [-0.2, -0.15) is 0 Å². The molecule has 1 aromatic carbocycles. The molecule has 2 rings (SSSR count). The number of anilines is 1. The summed E-state index contributed by atoms with van der Waals surface area (Å²) in [6.07, 6.45) is -0.279. The van der Waals surface area contributed by atoms with Crippen LogP contribution in [0.3, 0.4) is 0 Å². The van der Waals surface area contributed by atoms with Crippen molar-refractivity contribution in [3.63, 3.8) is 0 Å². The van der Waals surface area contributed by atoms with E-state index in [0.717, 1.165) is 30.9 Å². The Morgan fingerprint density at radius 1 is 1.53 bits per heavy atom. The number of hydrogen-bond donors (Lipinski definition) is 1. The molecule has 0 aromatic heterocycles. The lowest BCUT2D eigenvalue weighted by atomic mass is 10.1. The Balaban J connectivity index is 2.19.